The summed E-state index contributed by atoms with van der Waals surface area (Å²) in [5.41, 5.74) is 3.45. The molecule has 0 spiro atoms. The Labute approximate surface area is 136 Å². The first kappa shape index (κ1) is 15.0. The van der Waals surface area contributed by atoms with E-state index in [0.29, 0.717) is 0 Å². The third-order valence-electron chi connectivity index (χ3n) is 3.62. The Morgan fingerprint density at radius 1 is 0.870 bits per heavy atom. The van der Waals surface area contributed by atoms with Gasteiger partial charge in [0.1, 0.15) is 18.0 Å². The molecule has 0 saturated carbocycles. The highest BCUT2D eigenvalue weighted by Gasteiger charge is 2.06. The van der Waals surface area contributed by atoms with Crippen molar-refractivity contribution in [3.05, 3.63) is 78.1 Å². The average Bonchev–Trinajstić information content (AvgIpc) is 2.56. The second kappa shape index (κ2) is 6.92. The molecule has 1 heterocycles. The number of anilines is 3. The van der Waals surface area contributed by atoms with E-state index in [1.807, 2.05) is 36.4 Å². The molecular weight excluding hydrogens is 284 g/mol. The van der Waals surface area contributed by atoms with Crippen molar-refractivity contribution in [2.75, 3.05) is 10.6 Å². The maximum absolute atomic E-state index is 4.30. The molecule has 0 radical (unpaired) electrons. The average molecular weight is 304 g/mol. The summed E-state index contributed by atoms with van der Waals surface area (Å²) < 4.78 is 0. The van der Waals surface area contributed by atoms with Crippen LogP contribution in [0.1, 0.15) is 24.1 Å². The molecule has 23 heavy (non-hydrogen) atoms. The minimum atomic E-state index is 0.179. The van der Waals surface area contributed by atoms with Crippen molar-refractivity contribution < 1.29 is 0 Å². The van der Waals surface area contributed by atoms with Crippen LogP contribution in [0, 0.1) is 6.92 Å². The van der Waals surface area contributed by atoms with Gasteiger partial charge in [-0.3, -0.25) is 0 Å². The van der Waals surface area contributed by atoms with Crippen molar-refractivity contribution in [3.8, 4) is 0 Å². The molecule has 3 aromatic rings. The van der Waals surface area contributed by atoms with Gasteiger partial charge in [0.15, 0.2) is 0 Å². The van der Waals surface area contributed by atoms with Crippen molar-refractivity contribution >= 4 is 17.3 Å². The lowest BCUT2D eigenvalue weighted by Gasteiger charge is -2.15. The lowest BCUT2D eigenvalue weighted by molar-refractivity contribution is 0.872. The van der Waals surface area contributed by atoms with E-state index in [4.69, 9.17) is 0 Å². The van der Waals surface area contributed by atoms with E-state index in [1.54, 1.807) is 6.33 Å². The van der Waals surface area contributed by atoms with Crippen molar-refractivity contribution in [2.45, 2.75) is 19.9 Å². The Morgan fingerprint density at radius 2 is 1.65 bits per heavy atom. The number of nitrogens with one attached hydrogen (secondary N) is 2. The molecule has 116 valence electrons. The highest BCUT2D eigenvalue weighted by molar-refractivity contribution is 5.59. The van der Waals surface area contributed by atoms with Gasteiger partial charge < -0.3 is 10.6 Å². The van der Waals surface area contributed by atoms with Gasteiger partial charge in [0.05, 0.1) is 0 Å². The summed E-state index contributed by atoms with van der Waals surface area (Å²) in [5, 5.41) is 6.71. The van der Waals surface area contributed by atoms with E-state index in [0.717, 1.165) is 17.3 Å². The largest absolute Gasteiger partial charge is 0.363 e. The van der Waals surface area contributed by atoms with Crippen LogP contribution in [0.2, 0.25) is 0 Å². The van der Waals surface area contributed by atoms with E-state index in [1.165, 1.54) is 11.1 Å². The molecule has 4 heteroatoms. The van der Waals surface area contributed by atoms with Gasteiger partial charge in [0, 0.05) is 17.8 Å². The minimum absolute atomic E-state index is 0.179. The first-order chi connectivity index (χ1) is 11.2. The summed E-state index contributed by atoms with van der Waals surface area (Å²) in [6.07, 6.45) is 1.57. The summed E-state index contributed by atoms with van der Waals surface area (Å²) in [5.74, 6) is 1.57. The van der Waals surface area contributed by atoms with Crippen molar-refractivity contribution in [1.29, 1.82) is 0 Å². The summed E-state index contributed by atoms with van der Waals surface area (Å²) >= 11 is 0. The van der Waals surface area contributed by atoms with Gasteiger partial charge in [0.25, 0.3) is 0 Å². The third kappa shape index (κ3) is 4.07. The van der Waals surface area contributed by atoms with Gasteiger partial charge in [-0.25, -0.2) is 9.97 Å². The van der Waals surface area contributed by atoms with Crippen LogP contribution in [0.15, 0.2) is 67.0 Å². The molecule has 1 unspecified atom stereocenters. The zero-order valence-electron chi connectivity index (χ0n) is 13.3. The second-order valence-corrected chi connectivity index (χ2v) is 5.56. The minimum Gasteiger partial charge on any atom is -0.363 e. The number of nitrogens with zero attached hydrogens (tertiary/aromatic N) is 2. The predicted octanol–water partition coefficient (Wildman–Crippen LogP) is 4.70. The molecule has 0 aliphatic heterocycles. The van der Waals surface area contributed by atoms with Crippen LogP contribution < -0.4 is 10.6 Å². The van der Waals surface area contributed by atoms with Crippen molar-refractivity contribution in [2.24, 2.45) is 0 Å². The first-order valence-corrected chi connectivity index (χ1v) is 7.68. The van der Waals surface area contributed by atoms with Gasteiger partial charge in [-0.2, -0.15) is 0 Å². The van der Waals surface area contributed by atoms with Crippen molar-refractivity contribution in [3.63, 3.8) is 0 Å². The topological polar surface area (TPSA) is 49.8 Å². The Kier molecular flexibility index (Phi) is 4.52. The van der Waals surface area contributed by atoms with E-state index in [9.17, 15) is 0 Å². The van der Waals surface area contributed by atoms with Crippen molar-refractivity contribution in [1.82, 2.24) is 9.97 Å². The maximum Gasteiger partial charge on any atom is 0.135 e. The summed E-state index contributed by atoms with van der Waals surface area (Å²) in [7, 11) is 0. The Bertz CT molecular complexity index is 771. The molecule has 0 saturated heterocycles. The second-order valence-electron chi connectivity index (χ2n) is 5.56. The van der Waals surface area contributed by atoms with Gasteiger partial charge in [0.2, 0.25) is 0 Å². The molecule has 0 aliphatic rings. The maximum atomic E-state index is 4.30. The molecule has 0 bridgehead atoms. The molecule has 2 N–H and O–H groups in total. The van der Waals surface area contributed by atoms with Gasteiger partial charge in [-0.15, -0.1) is 0 Å². The summed E-state index contributed by atoms with van der Waals surface area (Å²) in [6, 6.07) is 20.6. The van der Waals surface area contributed by atoms with Crippen LogP contribution in [0.4, 0.5) is 17.3 Å². The molecule has 0 aliphatic carbocycles. The predicted molar refractivity (Wildman–Crippen MR) is 95.0 cm³/mol. The highest BCUT2D eigenvalue weighted by atomic mass is 15.1. The van der Waals surface area contributed by atoms with Crippen LogP contribution in [-0.4, -0.2) is 9.97 Å². The van der Waals surface area contributed by atoms with Gasteiger partial charge in [-0.1, -0.05) is 42.5 Å². The van der Waals surface area contributed by atoms with E-state index in [2.05, 4.69) is 58.7 Å². The SMILES string of the molecule is Cc1cccc(Nc2cc(NC(C)c3ccccc3)ncn2)c1. The lowest BCUT2D eigenvalue weighted by Crippen LogP contribution is -2.08. The Balaban J connectivity index is 1.72. The summed E-state index contributed by atoms with van der Waals surface area (Å²) in [6.45, 7) is 4.19. The normalized spacial score (nSPS) is 11.7. The molecule has 1 atom stereocenters. The fraction of sp³-hybridized carbons (Fsp3) is 0.158. The monoisotopic (exact) mass is 304 g/mol. The quantitative estimate of drug-likeness (QED) is 0.717. The van der Waals surface area contributed by atoms with Crippen LogP contribution in [-0.2, 0) is 0 Å². The molecule has 4 nitrogen and oxygen atoms in total. The van der Waals surface area contributed by atoms with E-state index in [-0.39, 0.29) is 6.04 Å². The number of rotatable bonds is 5. The third-order valence-corrected chi connectivity index (χ3v) is 3.62. The number of aryl methyl sites for hydroxylation is 1. The number of hydrogen-bond donors (Lipinski definition) is 2. The first-order valence-electron chi connectivity index (χ1n) is 7.68. The molecule has 0 amide bonds. The lowest BCUT2D eigenvalue weighted by atomic mass is 10.1. The highest BCUT2D eigenvalue weighted by Crippen LogP contribution is 2.20. The molecule has 2 aromatic carbocycles. The zero-order chi connectivity index (χ0) is 16.1. The fourth-order valence-electron chi connectivity index (χ4n) is 2.42. The number of hydrogen-bond acceptors (Lipinski definition) is 4. The molecular formula is C19H20N4. The van der Waals surface area contributed by atoms with Gasteiger partial charge >= 0.3 is 0 Å². The molecule has 0 fully saturated rings. The van der Waals surface area contributed by atoms with Crippen LogP contribution in [0.5, 0.6) is 0 Å². The van der Waals surface area contributed by atoms with E-state index < -0.39 is 0 Å². The smallest absolute Gasteiger partial charge is 0.135 e. The van der Waals surface area contributed by atoms with Gasteiger partial charge in [-0.05, 0) is 37.1 Å². The fourth-order valence-corrected chi connectivity index (χ4v) is 2.42. The van der Waals surface area contributed by atoms with E-state index >= 15 is 0 Å². The van der Waals surface area contributed by atoms with Crippen LogP contribution in [0.3, 0.4) is 0 Å². The Morgan fingerprint density at radius 3 is 2.43 bits per heavy atom. The molecule has 3 rings (SSSR count). The standard InChI is InChI=1S/C19H20N4/c1-14-7-6-10-17(11-14)23-19-12-18(20-13-21-19)22-15(2)16-8-4-3-5-9-16/h3-13,15H,1-2H3,(H2,20,21,22,23). The Hall–Kier alpha value is -2.88. The zero-order valence-corrected chi connectivity index (χ0v) is 13.3. The van der Waals surface area contributed by atoms with Crippen LogP contribution in [0.25, 0.3) is 0 Å². The number of aromatic nitrogens is 2. The van der Waals surface area contributed by atoms with Crippen LogP contribution >= 0.6 is 0 Å². The number of benzene rings is 2. The summed E-state index contributed by atoms with van der Waals surface area (Å²) in [4.78, 5) is 8.58. The molecule has 1 aromatic heterocycles.